The van der Waals surface area contributed by atoms with Crippen molar-refractivity contribution in [1.29, 1.82) is 5.26 Å². The summed E-state index contributed by atoms with van der Waals surface area (Å²) in [7, 11) is 0. The fourth-order valence-electron chi connectivity index (χ4n) is 3.55. The first kappa shape index (κ1) is 18.1. The Morgan fingerprint density at radius 2 is 1.93 bits per heavy atom. The molecule has 1 saturated heterocycles. The van der Waals surface area contributed by atoms with Crippen molar-refractivity contribution >= 4 is 16.6 Å². The molecule has 3 heterocycles. The van der Waals surface area contributed by atoms with Crippen LogP contribution in [0.25, 0.3) is 10.9 Å². The van der Waals surface area contributed by atoms with Crippen molar-refractivity contribution in [2.24, 2.45) is 0 Å². The lowest BCUT2D eigenvalue weighted by molar-refractivity contribution is -0.0677. The van der Waals surface area contributed by atoms with E-state index in [0.717, 1.165) is 23.1 Å². The Morgan fingerprint density at radius 1 is 1.14 bits per heavy atom. The molecular weight excluding hydrogens is 354 g/mol. The number of anilines is 1. The van der Waals surface area contributed by atoms with Crippen LogP contribution in [0.15, 0.2) is 48.9 Å². The van der Waals surface area contributed by atoms with Gasteiger partial charge in [0, 0.05) is 42.8 Å². The molecule has 1 aliphatic heterocycles. The van der Waals surface area contributed by atoms with Crippen LogP contribution >= 0.6 is 0 Å². The van der Waals surface area contributed by atoms with Gasteiger partial charge in [0.2, 0.25) is 0 Å². The van der Waals surface area contributed by atoms with E-state index in [9.17, 15) is 5.26 Å². The second-order valence-electron chi connectivity index (χ2n) is 6.89. The van der Waals surface area contributed by atoms with Gasteiger partial charge in [-0.25, -0.2) is 9.97 Å². The highest BCUT2D eigenvalue weighted by molar-refractivity contribution is 5.95. The van der Waals surface area contributed by atoms with E-state index in [2.05, 4.69) is 32.8 Å². The molecule has 7 nitrogen and oxygen atoms in total. The number of aromatic nitrogens is 3. The van der Waals surface area contributed by atoms with Gasteiger partial charge >= 0.3 is 6.01 Å². The lowest BCUT2D eigenvalue weighted by Crippen LogP contribution is -2.52. The maximum atomic E-state index is 9.38. The molecule has 4 rings (SSSR count). The third kappa shape index (κ3) is 3.59. The summed E-state index contributed by atoms with van der Waals surface area (Å²) >= 11 is 0. The number of pyridine rings is 1. The molecule has 142 valence electrons. The van der Waals surface area contributed by atoms with E-state index in [-0.39, 0.29) is 18.3 Å². The summed E-state index contributed by atoms with van der Waals surface area (Å²) in [6.07, 6.45) is 4.70. The molecule has 1 aromatic carbocycles. The van der Waals surface area contributed by atoms with Gasteiger partial charge in [0.15, 0.2) is 0 Å². The molecule has 0 N–H and O–H groups in total. The first-order valence-corrected chi connectivity index (χ1v) is 9.27. The maximum Gasteiger partial charge on any atom is 0.316 e. The minimum Gasteiger partial charge on any atom is -0.458 e. The highest BCUT2D eigenvalue weighted by Crippen LogP contribution is 2.31. The third-order valence-electron chi connectivity index (χ3n) is 4.85. The zero-order valence-corrected chi connectivity index (χ0v) is 15.8. The first-order valence-electron chi connectivity index (χ1n) is 9.27. The second kappa shape index (κ2) is 7.79. The molecule has 0 unspecified atom stereocenters. The van der Waals surface area contributed by atoms with Crippen molar-refractivity contribution < 1.29 is 9.47 Å². The van der Waals surface area contributed by atoms with Crippen LogP contribution in [0.2, 0.25) is 0 Å². The van der Waals surface area contributed by atoms with Gasteiger partial charge in [0.1, 0.15) is 18.3 Å². The fraction of sp³-hybridized carbons (Fsp3) is 0.333. The Morgan fingerprint density at radius 3 is 2.71 bits per heavy atom. The van der Waals surface area contributed by atoms with E-state index in [1.807, 2.05) is 31.2 Å². The van der Waals surface area contributed by atoms with E-state index < -0.39 is 0 Å². The van der Waals surface area contributed by atoms with Crippen molar-refractivity contribution in [1.82, 2.24) is 15.0 Å². The largest absolute Gasteiger partial charge is 0.458 e. The molecule has 0 saturated carbocycles. The molecule has 0 amide bonds. The van der Waals surface area contributed by atoms with Crippen LogP contribution in [-0.2, 0) is 4.74 Å². The van der Waals surface area contributed by atoms with Crippen LogP contribution in [0.1, 0.15) is 19.4 Å². The van der Waals surface area contributed by atoms with Gasteiger partial charge in [-0.15, -0.1) is 0 Å². The Kier molecular flexibility index (Phi) is 5.04. The lowest BCUT2D eigenvalue weighted by Gasteiger charge is -2.40. The van der Waals surface area contributed by atoms with E-state index in [4.69, 9.17) is 9.47 Å². The molecule has 28 heavy (non-hydrogen) atoms. The summed E-state index contributed by atoms with van der Waals surface area (Å²) in [5, 5.41) is 10.3. The minimum atomic E-state index is -0.213. The Hall–Kier alpha value is -3.24. The van der Waals surface area contributed by atoms with E-state index in [1.165, 1.54) is 0 Å². The number of morpholine rings is 1. The number of ether oxygens (including phenoxy) is 2. The van der Waals surface area contributed by atoms with Crippen molar-refractivity contribution in [3.05, 3.63) is 54.5 Å². The number of rotatable bonds is 4. The smallest absolute Gasteiger partial charge is 0.316 e. The van der Waals surface area contributed by atoms with Crippen LogP contribution in [0.3, 0.4) is 0 Å². The molecule has 7 heteroatoms. The van der Waals surface area contributed by atoms with E-state index in [1.54, 1.807) is 24.7 Å². The van der Waals surface area contributed by atoms with Gasteiger partial charge in [-0.3, -0.25) is 4.98 Å². The lowest BCUT2D eigenvalue weighted by atomic mass is 10.1. The van der Waals surface area contributed by atoms with Gasteiger partial charge in [0.05, 0.1) is 17.2 Å². The molecular formula is C21H21N5O2. The van der Waals surface area contributed by atoms with Gasteiger partial charge in [-0.1, -0.05) is 0 Å². The predicted octanol–water partition coefficient (Wildman–Crippen LogP) is 2.96. The highest BCUT2D eigenvalue weighted by atomic mass is 16.6. The second-order valence-corrected chi connectivity index (χ2v) is 6.89. The van der Waals surface area contributed by atoms with E-state index >= 15 is 0 Å². The maximum absolute atomic E-state index is 9.38. The highest BCUT2D eigenvalue weighted by Gasteiger charge is 2.31. The standard InChI is InChI=1S/C21H21N5O2/c1-14-12-26(13-19(27-14)15(2)28-21-24-9-4-10-25-21)18-7-6-16(11-22)20-17(18)5-3-8-23-20/h3-10,14-15,19H,12-13H2,1-2H3/t14-,15+,19-/m1/s1. The number of nitrogens with zero attached hydrogens (tertiary/aromatic N) is 5. The van der Waals surface area contributed by atoms with Crippen molar-refractivity contribution in [3.8, 4) is 12.1 Å². The number of fused-ring (bicyclic) bond motifs is 1. The topological polar surface area (TPSA) is 84.2 Å². The molecule has 3 atom stereocenters. The zero-order valence-electron chi connectivity index (χ0n) is 15.8. The Bertz CT molecular complexity index is 1000. The van der Waals surface area contributed by atoms with E-state index in [0.29, 0.717) is 18.1 Å². The summed E-state index contributed by atoms with van der Waals surface area (Å²) in [5.41, 5.74) is 2.35. The van der Waals surface area contributed by atoms with Crippen molar-refractivity contribution in [2.45, 2.75) is 32.2 Å². The molecule has 0 aliphatic carbocycles. The van der Waals surface area contributed by atoms with Gasteiger partial charge in [-0.2, -0.15) is 5.26 Å². The summed E-state index contributed by atoms with van der Waals surface area (Å²) in [4.78, 5) is 14.9. The van der Waals surface area contributed by atoms with Crippen LogP contribution in [0.4, 0.5) is 5.69 Å². The number of hydrogen-bond acceptors (Lipinski definition) is 7. The number of nitriles is 1. The van der Waals surface area contributed by atoms with Gasteiger partial charge < -0.3 is 14.4 Å². The van der Waals surface area contributed by atoms with Crippen LogP contribution in [0, 0.1) is 11.3 Å². The molecule has 0 radical (unpaired) electrons. The van der Waals surface area contributed by atoms with Crippen LogP contribution < -0.4 is 9.64 Å². The fourth-order valence-corrected chi connectivity index (χ4v) is 3.55. The summed E-state index contributed by atoms with van der Waals surface area (Å²) in [5.74, 6) is 0. The number of benzene rings is 1. The molecule has 1 fully saturated rings. The third-order valence-corrected chi connectivity index (χ3v) is 4.85. The minimum absolute atomic E-state index is 0.0313. The first-order chi connectivity index (χ1) is 13.7. The Labute approximate surface area is 163 Å². The quantitative estimate of drug-likeness (QED) is 0.693. The van der Waals surface area contributed by atoms with Crippen LogP contribution in [0.5, 0.6) is 6.01 Å². The molecule has 3 aromatic rings. The molecule has 2 aromatic heterocycles. The summed E-state index contributed by atoms with van der Waals surface area (Å²) < 4.78 is 12.0. The van der Waals surface area contributed by atoms with Gasteiger partial charge in [-0.05, 0) is 44.2 Å². The average Bonchev–Trinajstić information content (AvgIpc) is 2.73. The normalized spacial score (nSPS) is 20.5. The number of hydrogen-bond donors (Lipinski definition) is 0. The zero-order chi connectivity index (χ0) is 19.5. The van der Waals surface area contributed by atoms with Crippen molar-refractivity contribution in [3.63, 3.8) is 0 Å². The summed E-state index contributed by atoms with van der Waals surface area (Å²) in [6, 6.07) is 12.0. The molecule has 0 bridgehead atoms. The molecule has 0 spiro atoms. The van der Waals surface area contributed by atoms with Crippen LogP contribution in [-0.4, -0.2) is 46.4 Å². The SMILES string of the molecule is C[C@@H]1CN(c2ccc(C#N)c3ncccc23)C[C@H]([C@H](C)Oc2ncccn2)O1. The molecule has 1 aliphatic rings. The van der Waals surface area contributed by atoms with Crippen molar-refractivity contribution in [2.75, 3.05) is 18.0 Å². The Balaban J connectivity index is 1.61. The predicted molar refractivity (Wildman–Crippen MR) is 105 cm³/mol. The average molecular weight is 375 g/mol. The van der Waals surface area contributed by atoms with Gasteiger partial charge in [0.25, 0.3) is 0 Å². The summed E-state index contributed by atoms with van der Waals surface area (Å²) in [6.45, 7) is 5.43. The monoisotopic (exact) mass is 375 g/mol.